The van der Waals surface area contributed by atoms with E-state index in [9.17, 15) is 0 Å². The fraction of sp³-hybridized carbons (Fsp3) is 0.0455. The van der Waals surface area contributed by atoms with Gasteiger partial charge in [-0.15, -0.1) is 0 Å². The number of fused-ring (bicyclic) bond motifs is 1. The van der Waals surface area contributed by atoms with E-state index in [0.717, 1.165) is 22.8 Å². The maximum atomic E-state index is 6.05. The first kappa shape index (κ1) is 18.7. The van der Waals surface area contributed by atoms with E-state index < -0.39 is 0 Å². The van der Waals surface area contributed by atoms with Crippen LogP contribution in [0.3, 0.4) is 0 Å². The van der Waals surface area contributed by atoms with Crippen LogP contribution in [0.5, 0.6) is 0 Å². The Balaban J connectivity index is 0.00000196. The van der Waals surface area contributed by atoms with Crippen LogP contribution in [0.15, 0.2) is 77.2 Å². The molecule has 26 heavy (non-hydrogen) atoms. The molecule has 0 N–H and O–H groups in total. The van der Waals surface area contributed by atoms with Gasteiger partial charge < -0.3 is 28.4 Å². The van der Waals surface area contributed by atoms with E-state index in [-0.39, 0.29) is 24.0 Å². The number of rotatable bonds is 3. The molecule has 4 heteroatoms. The van der Waals surface area contributed by atoms with Gasteiger partial charge in [0.25, 0.3) is 0 Å². The zero-order valence-electron chi connectivity index (χ0n) is 14.2. The molecule has 2 heterocycles. The summed E-state index contributed by atoms with van der Waals surface area (Å²) in [4.78, 5) is 0. The number of aryl methyl sites for hydroxylation is 1. The van der Waals surface area contributed by atoms with Crippen LogP contribution in [0.25, 0.3) is 34.4 Å². The Morgan fingerprint density at radius 2 is 1.73 bits per heavy atom. The molecule has 0 saturated heterocycles. The fourth-order valence-corrected chi connectivity index (χ4v) is 3.12. The van der Waals surface area contributed by atoms with Crippen molar-refractivity contribution in [3.8, 4) is 11.3 Å². The molecule has 0 aliphatic carbocycles. The Kier molecular flexibility index (Phi) is 5.79. The quantitative estimate of drug-likeness (QED) is 0.330. The summed E-state index contributed by atoms with van der Waals surface area (Å²) in [5, 5.41) is 1.93. The second kappa shape index (κ2) is 8.06. The zero-order valence-corrected chi connectivity index (χ0v) is 17.1. The van der Waals surface area contributed by atoms with Gasteiger partial charge in [0.1, 0.15) is 18.6 Å². The number of hydrogen-bond acceptors (Lipinski definition) is 1. The lowest BCUT2D eigenvalue weighted by Crippen LogP contribution is -3.00. The van der Waals surface area contributed by atoms with Crippen molar-refractivity contribution in [1.29, 1.82) is 0 Å². The molecule has 0 aliphatic heterocycles. The van der Waals surface area contributed by atoms with Gasteiger partial charge in [-0.3, -0.25) is 0 Å². The predicted molar refractivity (Wildman–Crippen MR) is 103 cm³/mol. The van der Waals surface area contributed by atoms with Gasteiger partial charge >= 0.3 is 0 Å². The molecule has 4 aromatic rings. The first-order chi connectivity index (χ1) is 12.2. The summed E-state index contributed by atoms with van der Waals surface area (Å²) in [7, 11) is 2.07. The van der Waals surface area contributed by atoms with Crippen LogP contribution in [0.2, 0.25) is 5.02 Å². The second-order valence-electron chi connectivity index (χ2n) is 5.92. The molecular weight excluding hydrogens is 457 g/mol. The lowest BCUT2D eigenvalue weighted by atomic mass is 10.2. The molecular formula is C22H17ClINO. The van der Waals surface area contributed by atoms with Crippen LogP contribution < -0.4 is 28.5 Å². The SMILES string of the molecule is C[n+]1c(/C=C/c2ccc(-c3cccc(Cl)c3)o2)ccc2ccccc21.[I-]. The summed E-state index contributed by atoms with van der Waals surface area (Å²) < 4.78 is 8.09. The Labute approximate surface area is 174 Å². The molecule has 0 atom stereocenters. The normalized spacial score (nSPS) is 11.0. The number of furan rings is 1. The van der Waals surface area contributed by atoms with Gasteiger partial charge in [0.05, 0.1) is 0 Å². The van der Waals surface area contributed by atoms with Crippen molar-refractivity contribution in [3.05, 3.63) is 89.3 Å². The van der Waals surface area contributed by atoms with Crippen molar-refractivity contribution >= 4 is 34.7 Å². The van der Waals surface area contributed by atoms with Crippen molar-refractivity contribution in [3.63, 3.8) is 0 Å². The van der Waals surface area contributed by atoms with E-state index in [4.69, 9.17) is 16.0 Å². The maximum absolute atomic E-state index is 6.05. The number of pyridine rings is 1. The molecule has 0 aliphatic rings. The summed E-state index contributed by atoms with van der Waals surface area (Å²) >= 11 is 6.05. The zero-order chi connectivity index (χ0) is 17.2. The number of nitrogens with zero attached hydrogens (tertiary/aromatic N) is 1. The maximum Gasteiger partial charge on any atom is 0.212 e. The van der Waals surface area contributed by atoms with Gasteiger partial charge in [0.2, 0.25) is 11.2 Å². The van der Waals surface area contributed by atoms with Crippen LogP contribution >= 0.6 is 11.6 Å². The lowest BCUT2D eigenvalue weighted by molar-refractivity contribution is -0.646. The monoisotopic (exact) mass is 473 g/mol. The molecule has 2 aromatic carbocycles. The van der Waals surface area contributed by atoms with Gasteiger partial charge in [0.15, 0.2) is 0 Å². The highest BCUT2D eigenvalue weighted by Crippen LogP contribution is 2.25. The van der Waals surface area contributed by atoms with Crippen LogP contribution in [0.1, 0.15) is 11.5 Å². The first-order valence-corrected chi connectivity index (χ1v) is 8.50. The smallest absolute Gasteiger partial charge is 0.212 e. The van der Waals surface area contributed by atoms with Crippen LogP contribution in [-0.4, -0.2) is 0 Å². The van der Waals surface area contributed by atoms with Crippen molar-refractivity contribution < 1.29 is 33.0 Å². The summed E-state index contributed by atoms with van der Waals surface area (Å²) in [6, 6.07) is 24.2. The molecule has 0 amide bonds. The van der Waals surface area contributed by atoms with E-state index in [1.807, 2.05) is 42.5 Å². The molecule has 130 valence electrons. The number of para-hydroxylation sites is 1. The second-order valence-corrected chi connectivity index (χ2v) is 6.36. The third-order valence-electron chi connectivity index (χ3n) is 4.27. The third-order valence-corrected chi connectivity index (χ3v) is 4.51. The van der Waals surface area contributed by atoms with E-state index in [1.54, 1.807) is 0 Å². The highest BCUT2D eigenvalue weighted by Gasteiger charge is 2.09. The minimum atomic E-state index is 0. The van der Waals surface area contributed by atoms with Crippen molar-refractivity contribution in [1.82, 2.24) is 0 Å². The Bertz CT molecular complexity index is 1080. The summed E-state index contributed by atoms with van der Waals surface area (Å²) in [5.74, 6) is 1.62. The topological polar surface area (TPSA) is 17.0 Å². The minimum Gasteiger partial charge on any atom is -1.00 e. The van der Waals surface area contributed by atoms with Crippen LogP contribution in [0.4, 0.5) is 0 Å². The lowest BCUT2D eigenvalue weighted by Gasteiger charge is -1.99. The van der Waals surface area contributed by atoms with Crippen LogP contribution in [-0.2, 0) is 7.05 Å². The number of aromatic nitrogens is 1. The van der Waals surface area contributed by atoms with Crippen LogP contribution in [0, 0.1) is 0 Å². The Morgan fingerprint density at radius 3 is 2.58 bits per heavy atom. The van der Waals surface area contributed by atoms with Gasteiger partial charge in [-0.1, -0.05) is 35.9 Å². The first-order valence-electron chi connectivity index (χ1n) is 8.12. The largest absolute Gasteiger partial charge is 1.00 e. The van der Waals surface area contributed by atoms with E-state index in [1.165, 1.54) is 10.9 Å². The molecule has 4 rings (SSSR count). The minimum absolute atomic E-state index is 0. The van der Waals surface area contributed by atoms with E-state index >= 15 is 0 Å². The summed E-state index contributed by atoms with van der Waals surface area (Å²) in [6.45, 7) is 0. The van der Waals surface area contributed by atoms with Gasteiger partial charge in [-0.05, 0) is 42.5 Å². The Hall–Kier alpha value is -2.11. The number of hydrogen-bond donors (Lipinski definition) is 0. The highest BCUT2D eigenvalue weighted by atomic mass is 127. The Morgan fingerprint density at radius 1 is 0.885 bits per heavy atom. The molecule has 2 aromatic heterocycles. The molecule has 0 unspecified atom stereocenters. The molecule has 2 nitrogen and oxygen atoms in total. The summed E-state index contributed by atoms with van der Waals surface area (Å²) in [6.07, 6.45) is 4.05. The van der Waals surface area contributed by atoms with Gasteiger partial charge in [-0.2, -0.15) is 4.57 Å². The van der Waals surface area contributed by atoms with Crippen molar-refractivity contribution in [2.45, 2.75) is 0 Å². The predicted octanol–water partition coefficient (Wildman–Crippen LogP) is 2.75. The van der Waals surface area contributed by atoms with E-state index in [2.05, 4.69) is 54.1 Å². The van der Waals surface area contributed by atoms with E-state index in [0.29, 0.717) is 5.02 Å². The highest BCUT2D eigenvalue weighted by molar-refractivity contribution is 6.30. The average molecular weight is 474 g/mol. The average Bonchev–Trinajstić information content (AvgIpc) is 3.10. The molecule has 0 bridgehead atoms. The van der Waals surface area contributed by atoms with Crippen molar-refractivity contribution in [2.75, 3.05) is 0 Å². The van der Waals surface area contributed by atoms with Crippen molar-refractivity contribution in [2.24, 2.45) is 7.05 Å². The molecule has 0 radical (unpaired) electrons. The van der Waals surface area contributed by atoms with Gasteiger partial charge in [0, 0.05) is 34.2 Å². The number of benzene rings is 2. The molecule has 0 saturated carbocycles. The van der Waals surface area contributed by atoms with Gasteiger partial charge in [-0.25, -0.2) is 0 Å². The summed E-state index contributed by atoms with van der Waals surface area (Å²) in [5.41, 5.74) is 3.28. The molecule has 0 fully saturated rings. The fourth-order valence-electron chi connectivity index (χ4n) is 2.93. The standard InChI is InChI=1S/C22H17ClNO.HI/c1-24-19(10-9-16-5-2-3-8-21(16)24)11-12-20-13-14-22(25-20)17-6-4-7-18(23)15-17;/h2-15H,1H3;1H/q+1;/p-1/b12-11+;. The third kappa shape index (κ3) is 3.84. The molecule has 0 spiro atoms. The number of halogens is 2.